The third-order valence-electron chi connectivity index (χ3n) is 4.13. The summed E-state index contributed by atoms with van der Waals surface area (Å²) >= 11 is 6.00. The molecule has 24 heavy (non-hydrogen) atoms. The first-order valence-electron chi connectivity index (χ1n) is 7.68. The fraction of sp³-hybridized carbons (Fsp3) is 0.278. The van der Waals surface area contributed by atoms with Crippen molar-refractivity contribution in [3.05, 3.63) is 69.7 Å². The van der Waals surface area contributed by atoms with Gasteiger partial charge >= 0.3 is 0 Å². The van der Waals surface area contributed by atoms with Crippen LogP contribution in [0.15, 0.2) is 42.5 Å². The summed E-state index contributed by atoms with van der Waals surface area (Å²) in [5.74, 6) is -0.181. The molecule has 1 aliphatic rings. The van der Waals surface area contributed by atoms with E-state index in [0.717, 1.165) is 18.4 Å². The van der Waals surface area contributed by atoms with Crippen molar-refractivity contribution >= 4 is 27.3 Å². The van der Waals surface area contributed by atoms with E-state index in [2.05, 4.69) is 5.32 Å². The van der Waals surface area contributed by atoms with Crippen molar-refractivity contribution in [1.82, 2.24) is 5.32 Å². The summed E-state index contributed by atoms with van der Waals surface area (Å²) in [4.78, 5) is 12.4. The van der Waals surface area contributed by atoms with E-state index in [4.69, 9.17) is 11.6 Å². The Hall–Kier alpha value is -1.85. The molecule has 2 aromatic carbocycles. The van der Waals surface area contributed by atoms with Gasteiger partial charge in [-0.2, -0.15) is 0 Å². The van der Waals surface area contributed by atoms with Crippen LogP contribution >= 0.6 is 11.6 Å². The summed E-state index contributed by atoms with van der Waals surface area (Å²) in [6.07, 6.45) is 2.94. The maximum Gasteiger partial charge on any atom is 0.251 e. The lowest BCUT2D eigenvalue weighted by atomic mass is 10.1. The number of fused-ring (bicyclic) bond motifs is 1. The Morgan fingerprint density at radius 3 is 2.58 bits per heavy atom. The normalized spacial score (nSPS) is 16.7. The number of aryl methyl sites for hydroxylation is 1. The van der Waals surface area contributed by atoms with Gasteiger partial charge < -0.3 is 5.32 Å². The predicted octanol–water partition coefficient (Wildman–Crippen LogP) is 3.30. The van der Waals surface area contributed by atoms with Gasteiger partial charge in [-0.25, -0.2) is 8.42 Å². The van der Waals surface area contributed by atoms with Crippen LogP contribution in [0.1, 0.15) is 39.5 Å². The highest BCUT2D eigenvalue weighted by atomic mass is 35.5. The van der Waals surface area contributed by atoms with E-state index in [1.807, 2.05) is 18.2 Å². The molecule has 0 radical (unpaired) electrons. The van der Waals surface area contributed by atoms with Crippen molar-refractivity contribution in [2.75, 3.05) is 6.26 Å². The third-order valence-corrected chi connectivity index (χ3v) is 5.23. The zero-order chi connectivity index (χ0) is 17.3. The molecule has 1 amide bonds. The standard InChI is InChI=1S/C18H18ClNO3S/c1-24(22,23)11-12-2-4-13(5-3-12)18(21)20-17-9-6-14-10-15(19)7-8-16(14)17/h2-5,7-8,10,17H,6,9,11H2,1H3,(H,20,21)/t17-/m0/s1. The van der Waals surface area contributed by atoms with Gasteiger partial charge in [-0.05, 0) is 53.8 Å². The molecule has 0 bridgehead atoms. The summed E-state index contributed by atoms with van der Waals surface area (Å²) in [6, 6.07) is 12.4. The van der Waals surface area contributed by atoms with Gasteiger partial charge in [0.1, 0.15) is 0 Å². The van der Waals surface area contributed by atoms with Gasteiger partial charge in [-0.3, -0.25) is 4.79 Å². The smallest absolute Gasteiger partial charge is 0.251 e. The van der Waals surface area contributed by atoms with E-state index >= 15 is 0 Å². The molecule has 6 heteroatoms. The van der Waals surface area contributed by atoms with Crippen LogP contribution in [0.25, 0.3) is 0 Å². The Morgan fingerprint density at radius 2 is 1.92 bits per heavy atom. The zero-order valence-corrected chi connectivity index (χ0v) is 14.8. The molecule has 1 aliphatic carbocycles. The second kappa shape index (κ2) is 6.57. The number of rotatable bonds is 4. The van der Waals surface area contributed by atoms with Crippen molar-refractivity contribution in [2.45, 2.75) is 24.6 Å². The molecule has 0 saturated carbocycles. The van der Waals surface area contributed by atoms with Gasteiger partial charge in [0.15, 0.2) is 9.84 Å². The van der Waals surface area contributed by atoms with Crippen molar-refractivity contribution in [2.24, 2.45) is 0 Å². The maximum atomic E-state index is 12.4. The van der Waals surface area contributed by atoms with Gasteiger partial charge in [0.2, 0.25) is 0 Å². The van der Waals surface area contributed by atoms with Crippen molar-refractivity contribution in [3.8, 4) is 0 Å². The van der Waals surface area contributed by atoms with E-state index in [-0.39, 0.29) is 17.7 Å². The van der Waals surface area contributed by atoms with Crippen LogP contribution in [0.2, 0.25) is 5.02 Å². The number of carbonyl (C=O) groups is 1. The number of hydrogen-bond donors (Lipinski definition) is 1. The van der Waals surface area contributed by atoms with E-state index in [1.165, 1.54) is 11.8 Å². The summed E-state index contributed by atoms with van der Waals surface area (Å²) < 4.78 is 22.6. The first-order valence-corrected chi connectivity index (χ1v) is 10.1. The second-order valence-corrected chi connectivity index (χ2v) is 8.75. The fourth-order valence-corrected chi connectivity index (χ4v) is 4.03. The summed E-state index contributed by atoms with van der Waals surface area (Å²) in [5.41, 5.74) is 3.49. The summed E-state index contributed by atoms with van der Waals surface area (Å²) in [5, 5.41) is 3.75. The van der Waals surface area contributed by atoms with Crippen LogP contribution in [0.4, 0.5) is 0 Å². The lowest BCUT2D eigenvalue weighted by Gasteiger charge is -2.14. The van der Waals surface area contributed by atoms with Crippen molar-refractivity contribution in [3.63, 3.8) is 0 Å². The highest BCUT2D eigenvalue weighted by Gasteiger charge is 2.24. The molecule has 0 unspecified atom stereocenters. The number of benzene rings is 2. The minimum atomic E-state index is -3.08. The molecule has 1 N–H and O–H groups in total. The van der Waals surface area contributed by atoms with Gasteiger partial charge in [-0.15, -0.1) is 0 Å². The molecule has 0 fully saturated rings. The van der Waals surface area contributed by atoms with E-state index in [9.17, 15) is 13.2 Å². The highest BCUT2D eigenvalue weighted by Crippen LogP contribution is 2.33. The first-order chi connectivity index (χ1) is 11.3. The van der Waals surface area contributed by atoms with Gasteiger partial charge in [0.05, 0.1) is 11.8 Å². The molecular weight excluding hydrogens is 346 g/mol. The predicted molar refractivity (Wildman–Crippen MR) is 95.0 cm³/mol. The molecular formula is C18H18ClNO3S. The highest BCUT2D eigenvalue weighted by molar-refractivity contribution is 7.89. The Bertz CT molecular complexity index is 876. The number of sulfone groups is 1. The van der Waals surface area contributed by atoms with Crippen LogP contribution in [0, 0.1) is 0 Å². The van der Waals surface area contributed by atoms with Crippen LogP contribution < -0.4 is 5.32 Å². The molecule has 1 atom stereocenters. The number of amides is 1. The molecule has 126 valence electrons. The Labute approximate surface area is 146 Å². The zero-order valence-electron chi connectivity index (χ0n) is 13.3. The monoisotopic (exact) mass is 363 g/mol. The summed E-state index contributed by atoms with van der Waals surface area (Å²) in [6.45, 7) is 0. The Morgan fingerprint density at radius 1 is 1.21 bits per heavy atom. The average Bonchev–Trinajstić information content (AvgIpc) is 2.88. The first kappa shape index (κ1) is 17.0. The molecule has 0 spiro atoms. The van der Waals surface area contributed by atoms with Crippen LogP contribution in [0.5, 0.6) is 0 Å². The van der Waals surface area contributed by atoms with Gasteiger partial charge in [0.25, 0.3) is 5.91 Å². The molecule has 0 heterocycles. The lowest BCUT2D eigenvalue weighted by molar-refractivity contribution is 0.0936. The largest absolute Gasteiger partial charge is 0.345 e. The fourth-order valence-electron chi connectivity index (χ4n) is 3.03. The molecule has 0 aromatic heterocycles. The van der Waals surface area contributed by atoms with Crippen LogP contribution in [0.3, 0.4) is 0 Å². The number of halogens is 1. The SMILES string of the molecule is CS(=O)(=O)Cc1ccc(C(=O)N[C@H]2CCc3cc(Cl)ccc32)cc1. The molecule has 4 nitrogen and oxygen atoms in total. The average molecular weight is 364 g/mol. The van der Waals surface area contributed by atoms with E-state index < -0.39 is 9.84 Å². The Kier molecular flexibility index (Phi) is 4.65. The minimum absolute atomic E-state index is 0.0135. The van der Waals surface area contributed by atoms with E-state index in [0.29, 0.717) is 16.1 Å². The topological polar surface area (TPSA) is 63.2 Å². The lowest BCUT2D eigenvalue weighted by Crippen LogP contribution is -2.27. The quantitative estimate of drug-likeness (QED) is 0.906. The third kappa shape index (κ3) is 3.97. The molecule has 2 aromatic rings. The van der Waals surface area contributed by atoms with Crippen LogP contribution in [-0.4, -0.2) is 20.6 Å². The second-order valence-electron chi connectivity index (χ2n) is 6.17. The molecule has 0 aliphatic heterocycles. The van der Waals surface area contributed by atoms with E-state index in [1.54, 1.807) is 24.3 Å². The summed E-state index contributed by atoms with van der Waals surface area (Å²) in [7, 11) is -3.08. The van der Waals surface area contributed by atoms with Crippen LogP contribution in [-0.2, 0) is 22.0 Å². The Balaban J connectivity index is 1.70. The van der Waals surface area contributed by atoms with Gasteiger partial charge in [0, 0.05) is 16.8 Å². The van der Waals surface area contributed by atoms with Gasteiger partial charge in [-0.1, -0.05) is 29.8 Å². The number of carbonyl (C=O) groups excluding carboxylic acids is 1. The maximum absolute atomic E-state index is 12.4. The molecule has 0 saturated heterocycles. The van der Waals surface area contributed by atoms with Crippen molar-refractivity contribution < 1.29 is 13.2 Å². The number of hydrogen-bond acceptors (Lipinski definition) is 3. The minimum Gasteiger partial charge on any atom is -0.345 e. The van der Waals surface area contributed by atoms with Crippen molar-refractivity contribution in [1.29, 1.82) is 0 Å². The molecule has 3 rings (SSSR count). The number of nitrogens with one attached hydrogen (secondary N) is 1.